The average Bonchev–Trinajstić information content (AvgIpc) is 3.29. The summed E-state index contributed by atoms with van der Waals surface area (Å²) in [6.07, 6.45) is 37.6. The Morgan fingerprint density at radius 3 is 0.891 bits per heavy atom. The summed E-state index contributed by atoms with van der Waals surface area (Å²) < 4.78 is 57.6. The first-order valence-corrected chi connectivity index (χ1v) is 29.0. The van der Waals surface area contributed by atoms with Crippen molar-refractivity contribution in [2.75, 3.05) is 39.6 Å². The van der Waals surface area contributed by atoms with Crippen molar-refractivity contribution in [2.24, 2.45) is 0 Å². The van der Waals surface area contributed by atoms with Crippen LogP contribution in [0, 0.1) is 0 Å². The summed E-state index contributed by atoms with van der Waals surface area (Å²) in [5.74, 6) is -1.82. The molecule has 0 aromatic carbocycles. The Bertz CT molecular complexity index is 990. The lowest BCUT2D eigenvalue weighted by Gasteiger charge is -2.43. The van der Waals surface area contributed by atoms with E-state index in [-0.39, 0.29) is 18.8 Å². The fraction of sp³-hybridized carbons (Fsp3) is 0.945. The molecule has 8 nitrogen and oxygen atoms in total. The van der Waals surface area contributed by atoms with E-state index in [1.165, 1.54) is 103 Å². The molecule has 0 bridgehead atoms. The first-order valence-electron chi connectivity index (χ1n) is 27.7. The fourth-order valence-corrected chi connectivity index (χ4v) is 9.58. The molecule has 0 amide bonds. The maximum absolute atomic E-state index is 15.4. The van der Waals surface area contributed by atoms with E-state index < -0.39 is 30.9 Å². The van der Waals surface area contributed by atoms with Gasteiger partial charge in [-0.25, -0.2) is 4.79 Å². The highest BCUT2D eigenvalue weighted by atomic mass is 31.1. The third kappa shape index (κ3) is 31.3. The second-order valence-electron chi connectivity index (χ2n) is 18.7. The van der Waals surface area contributed by atoms with E-state index in [0.717, 1.165) is 128 Å². The number of ether oxygens (including phenoxy) is 6. The largest absolute Gasteiger partial charge is 0.489 e. The van der Waals surface area contributed by atoms with E-state index in [2.05, 4.69) is 48.1 Å². The van der Waals surface area contributed by atoms with Gasteiger partial charge in [-0.1, -0.05) is 245 Å². The second kappa shape index (κ2) is 46.0. The van der Waals surface area contributed by atoms with Crippen LogP contribution >= 0.6 is 7.80 Å². The molecule has 0 aliphatic carbocycles. The van der Waals surface area contributed by atoms with Crippen molar-refractivity contribution in [3.05, 3.63) is 12.2 Å². The van der Waals surface area contributed by atoms with Gasteiger partial charge in [-0.3, -0.25) is 0 Å². The van der Waals surface area contributed by atoms with Gasteiger partial charge in [0.25, 0.3) is 0 Å². The predicted octanol–water partition coefficient (Wildman–Crippen LogP) is 17.9. The zero-order valence-electron chi connectivity index (χ0n) is 43.7. The summed E-state index contributed by atoms with van der Waals surface area (Å²) >= 11 is 0. The zero-order valence-corrected chi connectivity index (χ0v) is 44.6. The maximum atomic E-state index is 15.4. The Balaban J connectivity index is 7.58. The van der Waals surface area contributed by atoms with Crippen LogP contribution in [0.25, 0.3) is 0 Å². The predicted molar refractivity (Wildman–Crippen MR) is 273 cm³/mol. The van der Waals surface area contributed by atoms with Crippen molar-refractivity contribution >= 4 is 13.3 Å². The zero-order chi connectivity index (χ0) is 47.3. The van der Waals surface area contributed by atoms with E-state index in [4.69, 9.17) is 28.4 Å². The molecule has 0 spiro atoms. The van der Waals surface area contributed by atoms with E-state index in [1.54, 1.807) is 6.92 Å². The molecular weight excluding hydrogens is 820 g/mol. The van der Waals surface area contributed by atoms with Gasteiger partial charge in [-0.15, -0.1) is 0 Å². The Morgan fingerprint density at radius 2 is 0.625 bits per heavy atom. The highest BCUT2D eigenvalue weighted by Crippen LogP contribution is 2.51. The van der Waals surface area contributed by atoms with Gasteiger partial charge in [0.15, 0.2) is 0 Å². The molecule has 0 saturated carbocycles. The summed E-state index contributed by atoms with van der Waals surface area (Å²) in [5.41, 5.74) is -2.40. The summed E-state index contributed by atoms with van der Waals surface area (Å²) in [6.45, 7) is 21.0. The quantitative estimate of drug-likeness (QED) is 0.0258. The summed E-state index contributed by atoms with van der Waals surface area (Å²) in [4.78, 5) is 14.2. The van der Waals surface area contributed by atoms with Gasteiger partial charge in [0, 0.05) is 12.2 Å². The Hall–Kier alpha value is -0.730. The normalized spacial score (nSPS) is 12.9. The Morgan fingerprint density at radius 1 is 0.391 bits per heavy atom. The Kier molecular flexibility index (Phi) is 45.5. The summed E-state index contributed by atoms with van der Waals surface area (Å²) in [5, 5.41) is 0. The standard InChI is InChI=1S/C55H108O8P/c1-9-15-21-27-33-39-45-58-53(55(64(57)52(56)51(7)8,62-49-43-37-31-25-19-13-5)63-50-44-38-32-26-20-14-6)54(59-46-40-34-28-22-16-10-2,60-47-41-35-29-23-17-11-3)61-48-42-36-30-24-18-12-4/h53H,7,9-50H2,1-6,8H3/q+1. The van der Waals surface area contributed by atoms with Crippen LogP contribution in [0.4, 0.5) is 0 Å². The van der Waals surface area contributed by atoms with Gasteiger partial charge in [0.2, 0.25) is 6.10 Å². The number of carbonyl (C=O) groups is 1. The van der Waals surface area contributed by atoms with Crippen LogP contribution < -0.4 is 0 Å². The lowest BCUT2D eigenvalue weighted by Crippen LogP contribution is -2.63. The van der Waals surface area contributed by atoms with Crippen LogP contribution in [-0.4, -0.2) is 62.8 Å². The monoisotopic (exact) mass is 928 g/mol. The van der Waals surface area contributed by atoms with Crippen molar-refractivity contribution in [3.8, 4) is 0 Å². The molecule has 0 heterocycles. The topological polar surface area (TPSA) is 89.5 Å². The lowest BCUT2D eigenvalue weighted by molar-refractivity contribution is -0.447. The number of allylic oxidation sites excluding steroid dienone is 1. The molecule has 0 radical (unpaired) electrons. The first-order chi connectivity index (χ1) is 31.3. The molecule has 2 unspecified atom stereocenters. The fourth-order valence-electron chi connectivity index (χ4n) is 8.09. The van der Waals surface area contributed by atoms with Gasteiger partial charge in [-0.2, -0.15) is 0 Å². The van der Waals surface area contributed by atoms with Gasteiger partial charge in [0.05, 0.1) is 33.0 Å². The second-order valence-corrected chi connectivity index (χ2v) is 20.3. The third-order valence-corrected chi connectivity index (χ3v) is 14.1. The lowest BCUT2D eigenvalue weighted by atomic mass is 10.1. The number of hydrogen-bond donors (Lipinski definition) is 0. The van der Waals surface area contributed by atoms with Crippen LogP contribution in [0.5, 0.6) is 0 Å². The molecule has 9 heteroatoms. The van der Waals surface area contributed by atoms with Crippen molar-refractivity contribution < 1.29 is 37.8 Å². The molecule has 0 aromatic rings. The van der Waals surface area contributed by atoms with E-state index in [9.17, 15) is 4.79 Å². The molecular formula is C55H108O8P+. The third-order valence-electron chi connectivity index (χ3n) is 12.3. The summed E-state index contributed by atoms with van der Waals surface area (Å²) in [6, 6.07) is 0. The van der Waals surface area contributed by atoms with Gasteiger partial charge < -0.3 is 28.4 Å². The summed E-state index contributed by atoms with van der Waals surface area (Å²) in [7, 11) is -2.91. The molecule has 0 aliphatic rings. The minimum atomic E-state index is -2.91. The number of carbonyl (C=O) groups excluding carboxylic acids is 1. The molecule has 0 saturated heterocycles. The number of hydrogen-bond acceptors (Lipinski definition) is 8. The molecule has 0 fully saturated rings. The van der Waals surface area contributed by atoms with Crippen molar-refractivity contribution in [1.82, 2.24) is 0 Å². The van der Waals surface area contributed by atoms with Crippen LogP contribution in [0.2, 0.25) is 0 Å². The number of unbranched alkanes of at least 4 members (excludes halogenated alkanes) is 30. The highest BCUT2D eigenvalue weighted by molar-refractivity contribution is 7.65. The smallest absolute Gasteiger partial charge is 0.361 e. The van der Waals surface area contributed by atoms with Crippen LogP contribution in [0.1, 0.15) is 280 Å². The van der Waals surface area contributed by atoms with Crippen molar-refractivity contribution in [2.45, 2.75) is 297 Å². The first kappa shape index (κ1) is 63.3. The minimum Gasteiger partial charge on any atom is -0.361 e. The van der Waals surface area contributed by atoms with Crippen LogP contribution in [0.3, 0.4) is 0 Å². The highest BCUT2D eigenvalue weighted by Gasteiger charge is 2.71. The van der Waals surface area contributed by atoms with E-state index in [1.807, 2.05) is 0 Å². The molecule has 380 valence electrons. The van der Waals surface area contributed by atoms with Gasteiger partial charge >= 0.3 is 24.8 Å². The van der Waals surface area contributed by atoms with Crippen LogP contribution in [0.15, 0.2) is 12.2 Å². The maximum Gasteiger partial charge on any atom is 0.489 e. The average molecular weight is 928 g/mol. The molecule has 0 N–H and O–H groups in total. The molecule has 0 rings (SSSR count). The van der Waals surface area contributed by atoms with E-state index in [0.29, 0.717) is 26.4 Å². The van der Waals surface area contributed by atoms with Crippen molar-refractivity contribution in [3.63, 3.8) is 0 Å². The van der Waals surface area contributed by atoms with Crippen LogP contribution in [-0.2, 0) is 37.8 Å². The minimum absolute atomic E-state index is 0.200. The van der Waals surface area contributed by atoms with Gasteiger partial charge in [-0.05, 0) is 45.4 Å². The number of rotatable bonds is 53. The molecule has 0 aliphatic heterocycles. The molecule has 0 aromatic heterocycles. The SMILES string of the molecule is C=C(C)C(=O)[P+](=O)C(OCCCCCCCC)(OCCCCCCCC)C(OCCCCCCCC)C(OCCCCCCCC)(OCCCCCCCC)OCCCCCCCC. The van der Waals surface area contributed by atoms with E-state index >= 15 is 4.57 Å². The Labute approximate surface area is 398 Å². The molecule has 2 atom stereocenters. The van der Waals surface area contributed by atoms with Crippen molar-refractivity contribution in [1.29, 1.82) is 0 Å². The van der Waals surface area contributed by atoms with Gasteiger partial charge in [0.1, 0.15) is 0 Å². The molecule has 64 heavy (non-hydrogen) atoms.